The maximum atomic E-state index is 10.3. The highest BCUT2D eigenvalue weighted by atomic mass is 16.5. The number of unbranched alkanes of at least 4 members (excludes halogenated alkanes) is 8. The third-order valence-corrected chi connectivity index (χ3v) is 9.68. The quantitative estimate of drug-likeness (QED) is 0.0878. The molecule has 45 heavy (non-hydrogen) atoms. The Hall–Kier alpha value is -2.12. The number of ether oxygens (including phenoxy) is 2. The Morgan fingerprint density at radius 3 is 1.80 bits per heavy atom. The molecular weight excluding hydrogens is 560 g/mol. The van der Waals surface area contributed by atoms with Crippen LogP contribution >= 0.6 is 0 Å². The fourth-order valence-corrected chi connectivity index (χ4v) is 6.47. The van der Waals surface area contributed by atoms with Gasteiger partial charge in [-0.2, -0.15) is 0 Å². The molecule has 2 saturated heterocycles. The summed E-state index contributed by atoms with van der Waals surface area (Å²) >= 11 is 0. The van der Waals surface area contributed by atoms with Crippen LogP contribution in [0.15, 0.2) is 48.5 Å². The van der Waals surface area contributed by atoms with E-state index < -0.39 is 12.2 Å². The molecule has 2 N–H and O–H groups in total. The highest BCUT2D eigenvalue weighted by Gasteiger charge is 2.31. The van der Waals surface area contributed by atoms with Gasteiger partial charge in [-0.15, -0.1) is 0 Å². The smallest absolute Gasteiger partial charge is 0.119 e. The fraction of sp³-hybridized carbons (Fsp3) is 0.692. The van der Waals surface area contributed by atoms with Crippen molar-refractivity contribution in [2.45, 2.75) is 134 Å². The molecular formula is C39H62N2O4. The molecule has 2 fully saturated rings. The minimum atomic E-state index is -0.436. The van der Waals surface area contributed by atoms with E-state index in [0.29, 0.717) is 44.3 Å². The minimum absolute atomic E-state index is 0.352. The van der Waals surface area contributed by atoms with Gasteiger partial charge in [0.2, 0.25) is 0 Å². The summed E-state index contributed by atoms with van der Waals surface area (Å²) in [5, 5.41) is 20.5. The fourth-order valence-electron chi connectivity index (χ4n) is 6.47. The van der Waals surface area contributed by atoms with Crippen LogP contribution in [0.4, 0.5) is 0 Å². The highest BCUT2D eigenvalue weighted by Crippen LogP contribution is 2.30. The van der Waals surface area contributed by atoms with Gasteiger partial charge in [0.15, 0.2) is 0 Å². The van der Waals surface area contributed by atoms with Gasteiger partial charge in [-0.3, -0.25) is 9.80 Å². The topological polar surface area (TPSA) is 64.9 Å². The van der Waals surface area contributed by atoms with Gasteiger partial charge >= 0.3 is 0 Å². The van der Waals surface area contributed by atoms with Crippen LogP contribution in [-0.4, -0.2) is 83.7 Å². The van der Waals surface area contributed by atoms with Crippen LogP contribution in [0.1, 0.15) is 115 Å². The Morgan fingerprint density at radius 2 is 1.22 bits per heavy atom. The number of nitrogens with zero attached hydrogens (tertiary/aromatic N) is 2. The van der Waals surface area contributed by atoms with Gasteiger partial charge in [-0.1, -0.05) is 89.0 Å². The highest BCUT2D eigenvalue weighted by molar-refractivity contribution is 5.30. The van der Waals surface area contributed by atoms with E-state index >= 15 is 0 Å². The molecule has 0 spiro atoms. The van der Waals surface area contributed by atoms with E-state index in [1.165, 1.54) is 88.2 Å². The van der Waals surface area contributed by atoms with Crippen LogP contribution in [0, 0.1) is 0 Å². The van der Waals surface area contributed by atoms with Gasteiger partial charge < -0.3 is 19.7 Å². The summed E-state index contributed by atoms with van der Waals surface area (Å²) in [5.74, 6) is 2.33. The van der Waals surface area contributed by atoms with Crippen LogP contribution in [-0.2, 0) is 6.42 Å². The van der Waals surface area contributed by atoms with E-state index in [4.69, 9.17) is 9.47 Å². The first-order chi connectivity index (χ1) is 21.9. The molecule has 2 aromatic rings. The second-order valence-corrected chi connectivity index (χ2v) is 14.0. The molecule has 6 nitrogen and oxygen atoms in total. The lowest BCUT2D eigenvalue weighted by atomic mass is 9.88. The monoisotopic (exact) mass is 622 g/mol. The van der Waals surface area contributed by atoms with E-state index in [2.05, 4.69) is 73.0 Å². The average Bonchev–Trinajstić information content (AvgIpc) is 3.94. The molecule has 0 radical (unpaired) electrons. The molecule has 2 aliphatic rings. The number of hydrogen-bond acceptors (Lipinski definition) is 6. The maximum absolute atomic E-state index is 10.3. The van der Waals surface area contributed by atoms with Crippen molar-refractivity contribution in [3.05, 3.63) is 59.7 Å². The van der Waals surface area contributed by atoms with Crippen molar-refractivity contribution in [1.29, 1.82) is 0 Å². The average molecular weight is 623 g/mol. The summed E-state index contributed by atoms with van der Waals surface area (Å²) in [6.45, 7) is 10.9. The molecule has 0 aromatic heterocycles. The number of rotatable bonds is 25. The van der Waals surface area contributed by atoms with Crippen molar-refractivity contribution in [3.8, 4) is 11.5 Å². The second kappa shape index (κ2) is 19.5. The summed E-state index contributed by atoms with van der Waals surface area (Å²) in [5.41, 5.74) is 2.76. The Kier molecular flexibility index (Phi) is 15.5. The predicted molar refractivity (Wildman–Crippen MR) is 185 cm³/mol. The van der Waals surface area contributed by atoms with Gasteiger partial charge in [0, 0.05) is 38.3 Å². The Bertz CT molecular complexity index is 1080. The Labute approximate surface area is 274 Å². The van der Waals surface area contributed by atoms with Crippen LogP contribution < -0.4 is 9.47 Å². The summed E-state index contributed by atoms with van der Waals surface area (Å²) < 4.78 is 11.8. The van der Waals surface area contributed by atoms with E-state index in [1.807, 2.05) is 6.07 Å². The number of β-amino-alcohol motifs (C(OH)–C–C–N with tert-alkyl or cyclic N) is 2. The van der Waals surface area contributed by atoms with Crippen LogP contribution in [0.2, 0.25) is 0 Å². The summed E-state index contributed by atoms with van der Waals surface area (Å²) in [7, 11) is 0. The largest absolute Gasteiger partial charge is 0.491 e. The Balaban J connectivity index is 1.12. The molecule has 0 bridgehead atoms. The predicted octanol–water partition coefficient (Wildman–Crippen LogP) is 7.60. The van der Waals surface area contributed by atoms with Crippen LogP contribution in [0.3, 0.4) is 0 Å². The van der Waals surface area contributed by atoms with E-state index in [0.717, 1.165) is 31.0 Å². The van der Waals surface area contributed by atoms with Crippen LogP contribution in [0.25, 0.3) is 0 Å². The molecule has 2 heterocycles. The first-order valence-corrected chi connectivity index (χ1v) is 18.2. The zero-order chi connectivity index (χ0) is 31.9. The summed E-state index contributed by atoms with van der Waals surface area (Å²) in [4.78, 5) is 4.52. The number of aryl methyl sites for hydroxylation is 1. The van der Waals surface area contributed by atoms with E-state index in [9.17, 15) is 10.2 Å². The van der Waals surface area contributed by atoms with Gasteiger partial charge in [0.25, 0.3) is 0 Å². The third kappa shape index (κ3) is 14.0. The van der Waals surface area contributed by atoms with E-state index in [1.54, 1.807) is 0 Å². The molecule has 4 rings (SSSR count). The number of hydrogen-bond donors (Lipinski definition) is 2. The first kappa shape index (κ1) is 35.7. The Morgan fingerprint density at radius 1 is 0.689 bits per heavy atom. The van der Waals surface area contributed by atoms with Crippen molar-refractivity contribution < 1.29 is 19.7 Å². The van der Waals surface area contributed by atoms with E-state index in [-0.39, 0.29) is 0 Å². The van der Waals surface area contributed by atoms with Crippen molar-refractivity contribution in [2.75, 3.05) is 39.4 Å². The first-order valence-electron chi connectivity index (χ1n) is 18.2. The lowest BCUT2D eigenvalue weighted by Gasteiger charge is -2.19. The summed E-state index contributed by atoms with van der Waals surface area (Å²) in [6, 6.07) is 18.3. The molecule has 7 atom stereocenters. The standard InChI is InChI=1S/C39H62N2O4/c1-4-5-6-8-12-17-34(35-20-22-38(23-21-35)44-29-36(42)27-40-25-31(40)2)18-13-10-7-9-11-15-33-16-14-19-39(24-33)45-30-37(43)28-41-26-32(41)3/h14,16,19-24,31-32,34,36-37,42-43H,4-13,15,17-18,25-30H2,1-3H3. The SMILES string of the molecule is CCCCCCCC(CCCCCCCc1cccc(OCC(O)CN2CC2C)c1)c1ccc(OCC(O)CN2CC2C)cc1. The van der Waals surface area contributed by atoms with Gasteiger partial charge in [-0.25, -0.2) is 0 Å². The molecule has 0 amide bonds. The van der Waals surface area contributed by atoms with Crippen molar-refractivity contribution in [1.82, 2.24) is 9.80 Å². The molecule has 252 valence electrons. The lowest BCUT2D eigenvalue weighted by Crippen LogP contribution is -2.26. The molecule has 0 saturated carbocycles. The lowest BCUT2D eigenvalue weighted by molar-refractivity contribution is 0.0924. The number of aliphatic hydroxyl groups is 2. The normalized spacial score (nSPS) is 22.5. The molecule has 6 heteroatoms. The minimum Gasteiger partial charge on any atom is -0.491 e. The van der Waals surface area contributed by atoms with Crippen molar-refractivity contribution >= 4 is 0 Å². The van der Waals surface area contributed by atoms with Gasteiger partial charge in [0.1, 0.15) is 36.9 Å². The van der Waals surface area contributed by atoms with Gasteiger partial charge in [0.05, 0.1) is 0 Å². The number of aliphatic hydroxyl groups excluding tert-OH is 2. The maximum Gasteiger partial charge on any atom is 0.119 e. The number of benzene rings is 2. The molecule has 0 aliphatic carbocycles. The zero-order valence-corrected chi connectivity index (χ0v) is 28.5. The zero-order valence-electron chi connectivity index (χ0n) is 28.5. The van der Waals surface area contributed by atoms with Crippen LogP contribution in [0.5, 0.6) is 11.5 Å². The second-order valence-electron chi connectivity index (χ2n) is 14.0. The van der Waals surface area contributed by atoms with Gasteiger partial charge in [-0.05, 0) is 80.8 Å². The van der Waals surface area contributed by atoms with Crippen molar-refractivity contribution in [3.63, 3.8) is 0 Å². The molecule has 2 aromatic carbocycles. The molecule has 7 unspecified atom stereocenters. The molecule has 2 aliphatic heterocycles. The third-order valence-electron chi connectivity index (χ3n) is 9.68. The summed E-state index contributed by atoms with van der Waals surface area (Å²) in [6.07, 6.45) is 15.7. The van der Waals surface area contributed by atoms with Crippen molar-refractivity contribution in [2.24, 2.45) is 0 Å².